The van der Waals surface area contributed by atoms with E-state index in [1.54, 1.807) is 13.2 Å². The van der Waals surface area contributed by atoms with Crippen LogP contribution in [0.1, 0.15) is 12.6 Å². The van der Waals surface area contributed by atoms with Gasteiger partial charge in [0.1, 0.15) is 11.7 Å². The highest BCUT2D eigenvalue weighted by Crippen LogP contribution is 2.13. The summed E-state index contributed by atoms with van der Waals surface area (Å²) < 4.78 is 0. The number of nitrogens with zero attached hydrogens (tertiary/aromatic N) is 3. The van der Waals surface area contributed by atoms with Crippen LogP contribution >= 0.6 is 0 Å². The van der Waals surface area contributed by atoms with E-state index in [-0.39, 0.29) is 6.90 Å². The van der Waals surface area contributed by atoms with E-state index in [1.165, 1.54) is 5.56 Å². The first-order valence-corrected chi connectivity index (χ1v) is 6.15. The van der Waals surface area contributed by atoms with Crippen molar-refractivity contribution in [3.05, 3.63) is 59.8 Å². The van der Waals surface area contributed by atoms with Gasteiger partial charge < -0.3 is 16.1 Å². The Bertz CT molecular complexity index is 575. The third-order valence-electron chi connectivity index (χ3n) is 2.92. The molecule has 0 atom stereocenters. The molecule has 2 rings (SSSR count). The molecule has 1 aromatic carbocycles. The molecule has 0 fully saturated rings. The monoisotopic (exact) mass is 274 g/mol. The Balaban J connectivity index is 0.00000200. The van der Waals surface area contributed by atoms with Gasteiger partial charge in [-0.25, -0.2) is 4.98 Å². The van der Waals surface area contributed by atoms with Crippen LogP contribution in [0.25, 0.3) is 0 Å². The lowest BCUT2D eigenvalue weighted by molar-refractivity contribution is 0.501. The number of benzene rings is 1. The van der Waals surface area contributed by atoms with E-state index in [4.69, 9.17) is 5.73 Å². The molecule has 0 aliphatic heterocycles. The summed E-state index contributed by atoms with van der Waals surface area (Å²) in [4.78, 5) is 10.5. The molecule has 0 unspecified atom stereocenters. The van der Waals surface area contributed by atoms with Crippen molar-refractivity contribution in [3.8, 4) is 0 Å². The molecule has 5 heteroatoms. The molecule has 0 spiro atoms. The third kappa shape index (κ3) is 3.55. The fourth-order valence-electron chi connectivity index (χ4n) is 2.04. The summed E-state index contributed by atoms with van der Waals surface area (Å²) in [7, 11) is 3.77. The quantitative estimate of drug-likeness (QED) is 0.681. The molecule has 0 bridgehead atoms. The number of pyridine rings is 1. The molecule has 20 heavy (non-hydrogen) atoms. The molecule has 4 N–H and O–H groups in total. The molecule has 0 saturated carbocycles. The number of aromatic nitrogens is 1. The van der Waals surface area contributed by atoms with Gasteiger partial charge in [0, 0.05) is 28.3 Å². The van der Waals surface area contributed by atoms with Gasteiger partial charge in [-0.1, -0.05) is 30.3 Å². The van der Waals surface area contributed by atoms with Crippen LogP contribution in [0.15, 0.2) is 53.7 Å². The van der Waals surface area contributed by atoms with Gasteiger partial charge in [0.25, 0.3) is 0 Å². The number of nitrogens with two attached hydrogens (primary N) is 1. The maximum Gasteiger partial charge on any atom is 0.134 e. The Morgan fingerprint density at radius 3 is 2.55 bits per heavy atom. The maximum absolute atomic E-state index is 5.91. The number of hydrogen-bond acceptors (Lipinski definition) is 3. The molecule has 1 heterocycles. The number of anilines is 1. The van der Waals surface area contributed by atoms with E-state index in [0.29, 0.717) is 5.82 Å². The first-order valence-electron chi connectivity index (χ1n) is 6.15. The van der Waals surface area contributed by atoms with Crippen LogP contribution in [-0.4, -0.2) is 35.3 Å². The topological polar surface area (TPSA) is 86.0 Å². The SMILES string of the molecule is CN=C(c1cccnc1N)N(C)Cc1ccccc1.O.[HH]. The average molecular weight is 274 g/mol. The number of rotatable bonds is 3. The zero-order valence-electron chi connectivity index (χ0n) is 11.7. The minimum atomic E-state index is 0. The zero-order chi connectivity index (χ0) is 13.7. The summed E-state index contributed by atoms with van der Waals surface area (Å²) in [6.45, 7) is 0.780. The van der Waals surface area contributed by atoms with Gasteiger partial charge in [0.2, 0.25) is 0 Å². The van der Waals surface area contributed by atoms with E-state index >= 15 is 0 Å². The Labute approximate surface area is 120 Å². The van der Waals surface area contributed by atoms with Crippen LogP contribution < -0.4 is 5.73 Å². The second-order valence-corrected chi connectivity index (χ2v) is 4.33. The Morgan fingerprint density at radius 1 is 1.25 bits per heavy atom. The second kappa shape index (κ2) is 7.25. The van der Waals surface area contributed by atoms with Crippen molar-refractivity contribution in [2.45, 2.75) is 6.54 Å². The minimum Gasteiger partial charge on any atom is -0.412 e. The summed E-state index contributed by atoms with van der Waals surface area (Å²) in [5.74, 6) is 1.34. The van der Waals surface area contributed by atoms with E-state index in [0.717, 1.165) is 17.9 Å². The van der Waals surface area contributed by atoms with Gasteiger partial charge in [0.05, 0.1) is 5.56 Å². The molecule has 0 radical (unpaired) electrons. The van der Waals surface area contributed by atoms with Crippen LogP contribution in [0.2, 0.25) is 0 Å². The first-order chi connectivity index (χ1) is 9.22. The Morgan fingerprint density at radius 2 is 1.95 bits per heavy atom. The molecular formula is C15H22N4O. The van der Waals surface area contributed by atoms with Crippen molar-refractivity contribution in [1.82, 2.24) is 9.88 Å². The molecule has 0 aliphatic rings. The van der Waals surface area contributed by atoms with Crippen LogP contribution in [0.3, 0.4) is 0 Å². The summed E-state index contributed by atoms with van der Waals surface area (Å²) >= 11 is 0. The van der Waals surface area contributed by atoms with E-state index < -0.39 is 0 Å². The molecule has 0 saturated heterocycles. The highest BCUT2D eigenvalue weighted by molar-refractivity contribution is 6.02. The molecule has 2 aromatic rings. The predicted octanol–water partition coefficient (Wildman–Crippen LogP) is 1.59. The van der Waals surface area contributed by atoms with Crippen molar-refractivity contribution in [1.29, 1.82) is 0 Å². The number of amidine groups is 1. The van der Waals surface area contributed by atoms with Crippen molar-refractivity contribution in [2.75, 3.05) is 19.8 Å². The van der Waals surface area contributed by atoms with Crippen LogP contribution in [0.5, 0.6) is 0 Å². The lowest BCUT2D eigenvalue weighted by Crippen LogP contribution is -2.28. The van der Waals surface area contributed by atoms with E-state index in [1.807, 2.05) is 37.4 Å². The van der Waals surface area contributed by atoms with Gasteiger partial charge in [-0.2, -0.15) is 0 Å². The fraction of sp³-hybridized carbons (Fsp3) is 0.200. The summed E-state index contributed by atoms with van der Waals surface area (Å²) in [6, 6.07) is 14.1. The first kappa shape index (κ1) is 15.7. The minimum absolute atomic E-state index is 0. The lowest BCUT2D eigenvalue weighted by Gasteiger charge is -2.22. The van der Waals surface area contributed by atoms with Gasteiger partial charge in [-0.05, 0) is 17.7 Å². The molecule has 5 nitrogen and oxygen atoms in total. The van der Waals surface area contributed by atoms with Gasteiger partial charge in [-0.3, -0.25) is 4.99 Å². The Kier molecular flexibility index (Phi) is 5.68. The number of hydrogen-bond donors (Lipinski definition) is 1. The molecule has 0 aliphatic carbocycles. The lowest BCUT2D eigenvalue weighted by atomic mass is 10.2. The normalized spacial score (nSPS) is 10.8. The molecule has 1 aromatic heterocycles. The predicted molar refractivity (Wildman–Crippen MR) is 84.7 cm³/mol. The largest absolute Gasteiger partial charge is 0.412 e. The van der Waals surface area contributed by atoms with E-state index in [9.17, 15) is 0 Å². The number of nitrogen functional groups attached to an aromatic ring is 1. The summed E-state index contributed by atoms with van der Waals surface area (Å²) in [5.41, 5.74) is 8.00. The van der Waals surface area contributed by atoms with Gasteiger partial charge in [0.15, 0.2) is 0 Å². The van der Waals surface area contributed by atoms with Gasteiger partial charge >= 0.3 is 0 Å². The van der Waals surface area contributed by atoms with Crippen molar-refractivity contribution < 1.29 is 6.90 Å². The maximum atomic E-state index is 5.91. The highest BCUT2D eigenvalue weighted by atomic mass is 16.0. The standard InChI is InChI=1S/C15H18N4.H2O.H2/c1-17-15(13-9-6-10-18-14(13)16)19(2)11-12-7-4-3-5-8-12;;/h3-10H,11H2,1-2H3,(H2,16,18);1H2;1H. The zero-order valence-corrected chi connectivity index (χ0v) is 11.7. The molecule has 108 valence electrons. The van der Waals surface area contributed by atoms with E-state index in [2.05, 4.69) is 27.0 Å². The van der Waals surface area contributed by atoms with Crippen LogP contribution in [-0.2, 0) is 6.54 Å². The van der Waals surface area contributed by atoms with Crippen molar-refractivity contribution in [3.63, 3.8) is 0 Å². The molecule has 0 amide bonds. The second-order valence-electron chi connectivity index (χ2n) is 4.33. The summed E-state index contributed by atoms with van der Waals surface area (Å²) in [5, 5.41) is 0. The fourth-order valence-corrected chi connectivity index (χ4v) is 2.04. The van der Waals surface area contributed by atoms with Crippen molar-refractivity contribution in [2.24, 2.45) is 4.99 Å². The smallest absolute Gasteiger partial charge is 0.134 e. The summed E-state index contributed by atoms with van der Waals surface area (Å²) in [6.07, 6.45) is 1.68. The third-order valence-corrected chi connectivity index (χ3v) is 2.92. The Hall–Kier alpha value is -2.40. The number of aliphatic imine (C=N–C) groups is 1. The van der Waals surface area contributed by atoms with Crippen LogP contribution in [0, 0.1) is 0 Å². The van der Waals surface area contributed by atoms with Crippen molar-refractivity contribution >= 4 is 11.7 Å². The highest BCUT2D eigenvalue weighted by Gasteiger charge is 2.12. The molecular weight excluding hydrogens is 252 g/mol. The average Bonchev–Trinajstić information content (AvgIpc) is 2.43. The van der Waals surface area contributed by atoms with Gasteiger partial charge in [-0.15, -0.1) is 0 Å². The van der Waals surface area contributed by atoms with Crippen LogP contribution in [0.4, 0.5) is 5.82 Å².